The number of likely N-dealkylation sites (tertiary alicyclic amines) is 1. The lowest BCUT2D eigenvalue weighted by molar-refractivity contribution is -0.135. The molecule has 1 aliphatic rings. The molecule has 1 saturated heterocycles. The van der Waals surface area contributed by atoms with Crippen molar-refractivity contribution in [2.24, 2.45) is 0 Å². The van der Waals surface area contributed by atoms with E-state index in [0.29, 0.717) is 36.7 Å². The molecule has 2 rings (SSSR count). The van der Waals surface area contributed by atoms with Gasteiger partial charge in [-0.15, -0.1) is 0 Å². The molecule has 0 saturated carbocycles. The van der Waals surface area contributed by atoms with Crippen LogP contribution in [0, 0.1) is 0 Å². The highest BCUT2D eigenvalue weighted by Gasteiger charge is 2.23. The Morgan fingerprint density at radius 3 is 2.78 bits per heavy atom. The van der Waals surface area contributed by atoms with Crippen molar-refractivity contribution in [3.8, 4) is 0 Å². The Morgan fingerprint density at radius 2 is 2.09 bits per heavy atom. The lowest BCUT2D eigenvalue weighted by atomic mass is 10.1. The first-order valence-corrected chi connectivity index (χ1v) is 8.41. The second kappa shape index (κ2) is 8.89. The fourth-order valence-corrected chi connectivity index (χ4v) is 2.81. The number of halogens is 1. The minimum atomic E-state index is -0.194. The van der Waals surface area contributed by atoms with Crippen molar-refractivity contribution in [1.82, 2.24) is 10.2 Å². The van der Waals surface area contributed by atoms with Gasteiger partial charge in [0.1, 0.15) is 0 Å². The van der Waals surface area contributed by atoms with E-state index in [4.69, 9.17) is 16.3 Å². The van der Waals surface area contributed by atoms with Gasteiger partial charge in [0.2, 0.25) is 5.91 Å². The van der Waals surface area contributed by atoms with Gasteiger partial charge in [0, 0.05) is 43.2 Å². The van der Waals surface area contributed by atoms with Crippen LogP contribution in [0.25, 0.3) is 0 Å². The van der Waals surface area contributed by atoms with Crippen molar-refractivity contribution in [3.63, 3.8) is 0 Å². The average Bonchev–Trinajstić information content (AvgIpc) is 2.56. The Kier molecular flexibility index (Phi) is 6.86. The molecule has 1 N–H and O–H groups in total. The molecule has 1 aliphatic heterocycles. The maximum absolute atomic E-state index is 12.2. The van der Waals surface area contributed by atoms with E-state index in [0.717, 1.165) is 19.4 Å². The number of amides is 2. The van der Waals surface area contributed by atoms with Gasteiger partial charge < -0.3 is 15.0 Å². The van der Waals surface area contributed by atoms with Crippen LogP contribution in [-0.2, 0) is 9.53 Å². The van der Waals surface area contributed by atoms with Crippen LogP contribution < -0.4 is 5.32 Å². The number of hydrogen-bond donors (Lipinski definition) is 1. The monoisotopic (exact) mass is 338 g/mol. The van der Waals surface area contributed by atoms with Crippen molar-refractivity contribution < 1.29 is 14.3 Å². The molecule has 2 amide bonds. The standard InChI is InChI=1S/C17H23ClN2O3/c1-2-23-15-4-3-11-20(12-15)16(21)9-10-19-17(22)13-5-7-14(18)8-6-13/h5-8,15H,2-4,9-12H2,1H3,(H,19,22). The summed E-state index contributed by atoms with van der Waals surface area (Å²) in [6.07, 6.45) is 2.41. The fourth-order valence-electron chi connectivity index (χ4n) is 2.68. The first-order chi connectivity index (χ1) is 11.1. The summed E-state index contributed by atoms with van der Waals surface area (Å²) < 4.78 is 5.60. The molecule has 0 radical (unpaired) electrons. The minimum absolute atomic E-state index is 0.0609. The third kappa shape index (κ3) is 5.52. The molecular weight excluding hydrogens is 316 g/mol. The highest BCUT2D eigenvalue weighted by Crippen LogP contribution is 2.14. The van der Waals surface area contributed by atoms with E-state index in [-0.39, 0.29) is 17.9 Å². The number of hydrogen-bond acceptors (Lipinski definition) is 3. The van der Waals surface area contributed by atoms with E-state index in [1.165, 1.54) is 0 Å². The molecule has 1 unspecified atom stereocenters. The summed E-state index contributed by atoms with van der Waals surface area (Å²) in [6, 6.07) is 6.67. The number of benzene rings is 1. The van der Waals surface area contributed by atoms with Crippen LogP contribution in [0.1, 0.15) is 36.5 Å². The molecule has 0 spiro atoms. The van der Waals surface area contributed by atoms with Crippen LogP contribution in [0.3, 0.4) is 0 Å². The van der Waals surface area contributed by atoms with E-state index < -0.39 is 0 Å². The van der Waals surface area contributed by atoms with Gasteiger partial charge in [0.15, 0.2) is 0 Å². The number of nitrogens with zero attached hydrogens (tertiary/aromatic N) is 1. The van der Waals surface area contributed by atoms with Crippen LogP contribution in [0.5, 0.6) is 0 Å². The molecule has 126 valence electrons. The Bertz CT molecular complexity index is 531. The average molecular weight is 339 g/mol. The fraction of sp³-hybridized carbons (Fsp3) is 0.529. The summed E-state index contributed by atoms with van der Waals surface area (Å²) in [6.45, 7) is 4.39. The second-order valence-corrected chi connectivity index (χ2v) is 6.01. The maximum Gasteiger partial charge on any atom is 0.251 e. The van der Waals surface area contributed by atoms with Crippen LogP contribution in [0.4, 0.5) is 0 Å². The number of carbonyl (C=O) groups is 2. The lowest BCUT2D eigenvalue weighted by Gasteiger charge is -2.32. The van der Waals surface area contributed by atoms with Gasteiger partial charge in [0.05, 0.1) is 6.10 Å². The number of rotatable bonds is 6. The maximum atomic E-state index is 12.2. The highest BCUT2D eigenvalue weighted by molar-refractivity contribution is 6.30. The van der Waals surface area contributed by atoms with Gasteiger partial charge in [-0.2, -0.15) is 0 Å². The molecule has 1 aromatic carbocycles. The van der Waals surface area contributed by atoms with Gasteiger partial charge in [-0.1, -0.05) is 11.6 Å². The molecule has 6 heteroatoms. The SMILES string of the molecule is CCOC1CCCN(C(=O)CCNC(=O)c2ccc(Cl)cc2)C1. The number of piperidine rings is 1. The number of carbonyl (C=O) groups excluding carboxylic acids is 2. The molecule has 23 heavy (non-hydrogen) atoms. The van der Waals surface area contributed by atoms with E-state index in [1.54, 1.807) is 24.3 Å². The predicted molar refractivity (Wildman–Crippen MR) is 89.6 cm³/mol. The summed E-state index contributed by atoms with van der Waals surface area (Å²) in [4.78, 5) is 26.0. The quantitative estimate of drug-likeness (QED) is 0.867. The van der Waals surface area contributed by atoms with Crippen molar-refractivity contribution in [1.29, 1.82) is 0 Å². The number of ether oxygens (including phenoxy) is 1. The third-order valence-electron chi connectivity index (χ3n) is 3.86. The predicted octanol–water partition coefficient (Wildman–Crippen LogP) is 2.49. The van der Waals surface area contributed by atoms with Crippen LogP contribution >= 0.6 is 11.6 Å². The first kappa shape index (κ1) is 17.8. The van der Waals surface area contributed by atoms with Crippen molar-refractivity contribution in [2.45, 2.75) is 32.3 Å². The van der Waals surface area contributed by atoms with E-state index in [2.05, 4.69) is 5.32 Å². The Balaban J connectivity index is 1.73. The van der Waals surface area contributed by atoms with Gasteiger partial charge in [-0.3, -0.25) is 9.59 Å². The number of nitrogens with one attached hydrogen (secondary N) is 1. The molecule has 1 aromatic rings. The van der Waals surface area contributed by atoms with Gasteiger partial charge in [-0.25, -0.2) is 0 Å². The summed E-state index contributed by atoms with van der Waals surface area (Å²) in [5, 5.41) is 3.35. The molecule has 1 fully saturated rings. The van der Waals surface area contributed by atoms with Crippen LogP contribution in [0.15, 0.2) is 24.3 Å². The summed E-state index contributed by atoms with van der Waals surface area (Å²) in [5.74, 6) is -0.133. The van der Waals surface area contributed by atoms with Crippen molar-refractivity contribution in [2.75, 3.05) is 26.2 Å². The first-order valence-electron chi connectivity index (χ1n) is 8.03. The topological polar surface area (TPSA) is 58.6 Å². The molecule has 0 aromatic heterocycles. The van der Waals surface area contributed by atoms with Crippen LogP contribution in [-0.4, -0.2) is 49.1 Å². The van der Waals surface area contributed by atoms with E-state index >= 15 is 0 Å². The summed E-state index contributed by atoms with van der Waals surface area (Å²) in [7, 11) is 0. The zero-order valence-electron chi connectivity index (χ0n) is 13.4. The Hall–Kier alpha value is -1.59. The van der Waals surface area contributed by atoms with Gasteiger partial charge in [0.25, 0.3) is 5.91 Å². The molecule has 0 aliphatic carbocycles. The van der Waals surface area contributed by atoms with E-state index in [9.17, 15) is 9.59 Å². The zero-order valence-corrected chi connectivity index (χ0v) is 14.1. The second-order valence-electron chi connectivity index (χ2n) is 5.57. The van der Waals surface area contributed by atoms with Gasteiger partial charge >= 0.3 is 0 Å². The zero-order chi connectivity index (χ0) is 16.7. The van der Waals surface area contributed by atoms with Crippen LogP contribution in [0.2, 0.25) is 5.02 Å². The summed E-state index contributed by atoms with van der Waals surface area (Å²) >= 11 is 5.79. The third-order valence-corrected chi connectivity index (χ3v) is 4.12. The van der Waals surface area contributed by atoms with Gasteiger partial charge in [-0.05, 0) is 44.0 Å². The molecular formula is C17H23ClN2O3. The highest BCUT2D eigenvalue weighted by atomic mass is 35.5. The minimum Gasteiger partial charge on any atom is -0.377 e. The van der Waals surface area contributed by atoms with Crippen molar-refractivity contribution >= 4 is 23.4 Å². The normalized spacial score (nSPS) is 17.8. The molecule has 1 heterocycles. The Labute approximate surface area is 141 Å². The largest absolute Gasteiger partial charge is 0.377 e. The molecule has 1 atom stereocenters. The van der Waals surface area contributed by atoms with Crippen molar-refractivity contribution in [3.05, 3.63) is 34.9 Å². The lowest BCUT2D eigenvalue weighted by Crippen LogP contribution is -2.44. The molecule has 0 bridgehead atoms. The smallest absolute Gasteiger partial charge is 0.251 e. The molecule has 5 nitrogen and oxygen atoms in total. The summed E-state index contributed by atoms with van der Waals surface area (Å²) in [5.41, 5.74) is 0.538. The Morgan fingerprint density at radius 1 is 1.35 bits per heavy atom. The van der Waals surface area contributed by atoms with E-state index in [1.807, 2.05) is 11.8 Å².